The van der Waals surface area contributed by atoms with Gasteiger partial charge in [0, 0.05) is 5.56 Å². The molecule has 1 N–H and O–H groups in total. The van der Waals surface area contributed by atoms with Gasteiger partial charge in [-0.05, 0) is 30.3 Å². The van der Waals surface area contributed by atoms with Crippen LogP contribution in [0.1, 0.15) is 10.4 Å². The van der Waals surface area contributed by atoms with Crippen LogP contribution in [0.5, 0.6) is 11.5 Å². The van der Waals surface area contributed by atoms with E-state index in [1.54, 1.807) is 19.2 Å². The summed E-state index contributed by atoms with van der Waals surface area (Å²) in [6.45, 7) is 0.189. The molecule has 0 saturated heterocycles. The maximum atomic E-state index is 13.0. The summed E-state index contributed by atoms with van der Waals surface area (Å²) in [7, 11) is 1.54. The third-order valence-corrected chi connectivity index (χ3v) is 3.01. The van der Waals surface area contributed by atoms with Crippen molar-refractivity contribution >= 4 is 5.91 Å². The molecule has 0 spiro atoms. The number of amides is 1. The fraction of sp³-hybridized carbons (Fsp3) is 0.167. The van der Waals surface area contributed by atoms with Gasteiger partial charge in [0.2, 0.25) is 0 Å². The van der Waals surface area contributed by atoms with Gasteiger partial charge < -0.3 is 14.8 Å². The lowest BCUT2D eigenvalue weighted by Crippen LogP contribution is -2.23. The molecule has 4 nitrogen and oxygen atoms in total. The van der Waals surface area contributed by atoms with Gasteiger partial charge in [-0.2, -0.15) is 0 Å². The van der Waals surface area contributed by atoms with Crippen molar-refractivity contribution in [3.63, 3.8) is 0 Å². The van der Waals surface area contributed by atoms with Crippen molar-refractivity contribution < 1.29 is 23.0 Å². The molecule has 2 aromatic carbocycles. The fourth-order valence-electron chi connectivity index (χ4n) is 1.83. The van der Waals surface area contributed by atoms with Gasteiger partial charge in [-0.15, -0.1) is 0 Å². The standard InChI is InChI=1S/C18H15F2NO3/c1-23-16-6-2-3-7-17(16)24-11-5-4-10-21-18(22)13-8-9-14(19)15(20)12-13/h2-3,6-9,12H,10-11H2,1H3,(H,21,22). The number of hydrogen-bond acceptors (Lipinski definition) is 3. The molecule has 0 aliphatic rings. The van der Waals surface area contributed by atoms with Crippen LogP contribution in [0.2, 0.25) is 0 Å². The first-order chi connectivity index (χ1) is 11.6. The van der Waals surface area contributed by atoms with Crippen LogP contribution in [0.25, 0.3) is 0 Å². The second kappa shape index (κ2) is 8.53. The molecule has 0 bridgehead atoms. The number of carbonyl (C=O) groups excluding carboxylic acids is 1. The van der Waals surface area contributed by atoms with E-state index < -0.39 is 17.5 Å². The lowest BCUT2D eigenvalue weighted by Gasteiger charge is -2.07. The monoisotopic (exact) mass is 331 g/mol. The van der Waals surface area contributed by atoms with Gasteiger partial charge in [-0.25, -0.2) is 8.78 Å². The Balaban J connectivity index is 1.79. The highest BCUT2D eigenvalue weighted by atomic mass is 19.2. The lowest BCUT2D eigenvalue weighted by molar-refractivity contribution is 0.0958. The average Bonchev–Trinajstić information content (AvgIpc) is 2.60. The van der Waals surface area contributed by atoms with Crippen LogP contribution in [0.15, 0.2) is 42.5 Å². The van der Waals surface area contributed by atoms with Gasteiger partial charge in [0.05, 0.1) is 13.7 Å². The van der Waals surface area contributed by atoms with E-state index in [-0.39, 0.29) is 18.7 Å². The maximum Gasteiger partial charge on any atom is 0.252 e. The summed E-state index contributed by atoms with van der Waals surface area (Å²) in [6.07, 6.45) is 0. The molecule has 0 aliphatic heterocycles. The van der Waals surface area contributed by atoms with Crippen LogP contribution in [0.3, 0.4) is 0 Å². The summed E-state index contributed by atoms with van der Waals surface area (Å²) in [6, 6.07) is 10.1. The van der Waals surface area contributed by atoms with Gasteiger partial charge >= 0.3 is 0 Å². The van der Waals surface area contributed by atoms with Crippen LogP contribution in [-0.4, -0.2) is 26.2 Å². The smallest absolute Gasteiger partial charge is 0.252 e. The number of rotatable bonds is 5. The van der Waals surface area contributed by atoms with Gasteiger partial charge in [0.1, 0.15) is 6.61 Å². The molecule has 1 amide bonds. The zero-order valence-electron chi connectivity index (χ0n) is 12.9. The Morgan fingerprint density at radius 3 is 2.54 bits per heavy atom. The Morgan fingerprint density at radius 2 is 1.83 bits per heavy atom. The Kier molecular flexibility index (Phi) is 6.15. The Labute approximate surface area is 138 Å². The minimum Gasteiger partial charge on any atom is -0.493 e. The van der Waals surface area contributed by atoms with E-state index in [2.05, 4.69) is 17.2 Å². The second-order valence-electron chi connectivity index (χ2n) is 4.60. The predicted molar refractivity (Wildman–Crippen MR) is 85.0 cm³/mol. The first-order valence-electron chi connectivity index (χ1n) is 7.06. The summed E-state index contributed by atoms with van der Waals surface area (Å²) in [4.78, 5) is 11.7. The van der Waals surface area contributed by atoms with Crippen molar-refractivity contribution in [2.24, 2.45) is 0 Å². The normalized spacial score (nSPS) is 9.62. The molecule has 0 heterocycles. The number of ether oxygens (including phenoxy) is 2. The third-order valence-electron chi connectivity index (χ3n) is 3.01. The highest BCUT2D eigenvalue weighted by molar-refractivity contribution is 5.94. The summed E-state index contributed by atoms with van der Waals surface area (Å²) < 4.78 is 36.4. The van der Waals surface area contributed by atoms with E-state index in [0.717, 1.165) is 12.1 Å². The molecular formula is C18H15F2NO3. The number of hydrogen-bond donors (Lipinski definition) is 1. The largest absolute Gasteiger partial charge is 0.493 e. The van der Waals surface area contributed by atoms with Crippen LogP contribution >= 0.6 is 0 Å². The van der Waals surface area contributed by atoms with Gasteiger partial charge in [0.15, 0.2) is 23.1 Å². The van der Waals surface area contributed by atoms with E-state index in [0.29, 0.717) is 11.5 Å². The minimum atomic E-state index is -1.07. The van der Waals surface area contributed by atoms with Gasteiger partial charge in [-0.3, -0.25) is 4.79 Å². The SMILES string of the molecule is COc1ccccc1OCC#CCNC(=O)c1ccc(F)c(F)c1. The van der Waals surface area contributed by atoms with Crippen molar-refractivity contribution in [3.05, 3.63) is 59.7 Å². The fourth-order valence-corrected chi connectivity index (χ4v) is 1.83. The highest BCUT2D eigenvalue weighted by Gasteiger charge is 2.08. The predicted octanol–water partition coefficient (Wildman–Crippen LogP) is 2.79. The molecule has 0 saturated carbocycles. The topological polar surface area (TPSA) is 47.6 Å². The minimum absolute atomic E-state index is 0.0287. The molecule has 2 aromatic rings. The molecule has 124 valence electrons. The number of carbonyl (C=O) groups is 1. The first kappa shape index (κ1) is 17.3. The molecule has 0 aromatic heterocycles. The van der Waals surface area contributed by atoms with E-state index in [1.165, 1.54) is 6.07 Å². The molecule has 0 radical (unpaired) electrons. The molecule has 0 atom stereocenters. The van der Waals surface area contributed by atoms with Crippen molar-refractivity contribution in [2.45, 2.75) is 0 Å². The number of nitrogens with one attached hydrogen (secondary N) is 1. The Hall–Kier alpha value is -3.07. The number of benzene rings is 2. The van der Waals surface area contributed by atoms with Crippen molar-refractivity contribution in [1.82, 2.24) is 5.32 Å². The zero-order chi connectivity index (χ0) is 17.4. The molecule has 24 heavy (non-hydrogen) atoms. The summed E-state index contributed by atoms with van der Waals surface area (Å²) in [5, 5.41) is 2.48. The summed E-state index contributed by atoms with van der Waals surface area (Å²) in [5.41, 5.74) is 0.0287. The number of para-hydroxylation sites is 2. The zero-order valence-corrected chi connectivity index (χ0v) is 12.9. The lowest BCUT2D eigenvalue weighted by atomic mass is 10.2. The van der Waals surface area contributed by atoms with Crippen LogP contribution in [0.4, 0.5) is 8.78 Å². The number of halogens is 2. The highest BCUT2D eigenvalue weighted by Crippen LogP contribution is 2.25. The number of methoxy groups -OCH3 is 1. The summed E-state index contributed by atoms with van der Waals surface area (Å²) >= 11 is 0. The molecule has 6 heteroatoms. The van der Waals surface area contributed by atoms with E-state index in [4.69, 9.17) is 9.47 Å². The Bertz CT molecular complexity index is 781. The van der Waals surface area contributed by atoms with E-state index in [9.17, 15) is 13.6 Å². The van der Waals surface area contributed by atoms with Crippen LogP contribution in [0, 0.1) is 23.5 Å². The van der Waals surface area contributed by atoms with Crippen LogP contribution < -0.4 is 14.8 Å². The average molecular weight is 331 g/mol. The first-order valence-corrected chi connectivity index (χ1v) is 7.06. The van der Waals surface area contributed by atoms with E-state index >= 15 is 0 Å². The van der Waals surface area contributed by atoms with Gasteiger partial charge in [0.25, 0.3) is 5.91 Å². The van der Waals surface area contributed by atoms with Crippen LogP contribution in [-0.2, 0) is 0 Å². The molecule has 0 fully saturated rings. The molecule has 0 unspecified atom stereocenters. The van der Waals surface area contributed by atoms with Crippen molar-refractivity contribution in [2.75, 3.05) is 20.3 Å². The van der Waals surface area contributed by atoms with Crippen molar-refractivity contribution in [3.8, 4) is 23.3 Å². The van der Waals surface area contributed by atoms with Gasteiger partial charge in [-0.1, -0.05) is 24.0 Å². The molecule has 2 rings (SSSR count). The molecule has 0 aliphatic carbocycles. The van der Waals surface area contributed by atoms with Crippen molar-refractivity contribution in [1.29, 1.82) is 0 Å². The third kappa shape index (κ3) is 4.71. The molecular weight excluding hydrogens is 316 g/mol. The second-order valence-corrected chi connectivity index (χ2v) is 4.60. The van der Waals surface area contributed by atoms with E-state index in [1.807, 2.05) is 12.1 Å². The maximum absolute atomic E-state index is 13.0. The Morgan fingerprint density at radius 1 is 1.08 bits per heavy atom. The quantitative estimate of drug-likeness (QED) is 0.857. The summed E-state index contributed by atoms with van der Waals surface area (Å²) in [5.74, 6) is 4.01.